The molecule has 10 nitrogen and oxygen atoms in total. The quantitative estimate of drug-likeness (QED) is 0.601. The second kappa shape index (κ2) is 10.4. The topological polar surface area (TPSA) is 142 Å². The summed E-state index contributed by atoms with van der Waals surface area (Å²) in [5.41, 5.74) is 8.52. The number of ether oxygens (including phenoxy) is 1. The van der Waals surface area contributed by atoms with Gasteiger partial charge in [-0.1, -0.05) is 0 Å². The predicted molar refractivity (Wildman–Crippen MR) is 112 cm³/mol. The van der Waals surface area contributed by atoms with Crippen LogP contribution in [0, 0.1) is 11.3 Å². The number of rotatable bonds is 6. The average molecular weight is 419 g/mol. The van der Waals surface area contributed by atoms with Gasteiger partial charge in [0.15, 0.2) is 5.69 Å². The van der Waals surface area contributed by atoms with Crippen LogP contribution in [0.1, 0.15) is 24.2 Å². The van der Waals surface area contributed by atoms with Gasteiger partial charge in [-0.3, -0.25) is 4.90 Å². The van der Waals surface area contributed by atoms with Crippen molar-refractivity contribution in [1.82, 2.24) is 15.0 Å². The fraction of sp³-hybridized carbons (Fsp3) is 0.389. The highest BCUT2D eigenvalue weighted by Crippen LogP contribution is 2.27. The lowest BCUT2D eigenvalue weighted by molar-refractivity contribution is 0.178. The SMILES string of the molecule is COC(=O)N1CCCc2nc(Nc3cnc(C#N)c(NCCCN)c3)ncc21.Cl. The summed E-state index contributed by atoms with van der Waals surface area (Å²) in [4.78, 5) is 26.4. The third-order valence-corrected chi connectivity index (χ3v) is 4.27. The van der Waals surface area contributed by atoms with E-state index in [1.165, 1.54) is 12.0 Å². The molecule has 0 radical (unpaired) electrons. The number of halogens is 1. The number of carbonyl (C=O) groups excluding carboxylic acids is 1. The number of anilines is 4. The van der Waals surface area contributed by atoms with E-state index in [9.17, 15) is 10.1 Å². The van der Waals surface area contributed by atoms with Gasteiger partial charge in [-0.15, -0.1) is 12.4 Å². The van der Waals surface area contributed by atoms with Crippen LogP contribution in [-0.2, 0) is 11.2 Å². The van der Waals surface area contributed by atoms with Crippen molar-refractivity contribution in [3.8, 4) is 6.07 Å². The Labute approximate surface area is 174 Å². The number of hydrogen-bond acceptors (Lipinski definition) is 9. The molecular formula is C18H23ClN8O2. The first-order valence-corrected chi connectivity index (χ1v) is 8.98. The van der Waals surface area contributed by atoms with E-state index in [-0.39, 0.29) is 12.4 Å². The van der Waals surface area contributed by atoms with Gasteiger partial charge in [0.2, 0.25) is 5.95 Å². The predicted octanol–water partition coefficient (Wildman–Crippen LogP) is 2.19. The highest BCUT2D eigenvalue weighted by Gasteiger charge is 2.25. The van der Waals surface area contributed by atoms with E-state index in [0.717, 1.165) is 25.0 Å². The Morgan fingerprint density at radius 3 is 2.97 bits per heavy atom. The monoisotopic (exact) mass is 418 g/mol. The average Bonchev–Trinajstić information content (AvgIpc) is 2.73. The summed E-state index contributed by atoms with van der Waals surface area (Å²) < 4.78 is 4.81. The van der Waals surface area contributed by atoms with Crippen LogP contribution in [0.25, 0.3) is 0 Å². The van der Waals surface area contributed by atoms with Gasteiger partial charge in [-0.25, -0.2) is 19.7 Å². The van der Waals surface area contributed by atoms with Crippen LogP contribution in [-0.4, -0.2) is 47.8 Å². The van der Waals surface area contributed by atoms with Gasteiger partial charge >= 0.3 is 6.09 Å². The van der Waals surface area contributed by atoms with Crippen LogP contribution in [0.5, 0.6) is 0 Å². The maximum absolute atomic E-state index is 11.9. The number of aryl methyl sites for hydroxylation is 1. The number of pyridine rings is 1. The Morgan fingerprint density at radius 1 is 1.41 bits per heavy atom. The first-order valence-electron chi connectivity index (χ1n) is 8.98. The molecule has 0 spiro atoms. The zero-order valence-electron chi connectivity index (χ0n) is 16.0. The van der Waals surface area contributed by atoms with Crippen molar-refractivity contribution in [2.24, 2.45) is 5.73 Å². The highest BCUT2D eigenvalue weighted by atomic mass is 35.5. The number of carbonyl (C=O) groups is 1. The first kappa shape index (κ1) is 22.1. The molecule has 0 saturated heterocycles. The summed E-state index contributed by atoms with van der Waals surface area (Å²) in [6.45, 7) is 1.79. The molecule has 0 bridgehead atoms. The van der Waals surface area contributed by atoms with Crippen LogP contribution in [0.2, 0.25) is 0 Å². The molecular weight excluding hydrogens is 396 g/mol. The molecule has 1 aliphatic rings. The van der Waals surface area contributed by atoms with Crippen LogP contribution in [0.3, 0.4) is 0 Å². The summed E-state index contributed by atoms with van der Waals surface area (Å²) in [6, 6.07) is 3.85. The molecule has 0 fully saturated rings. The molecule has 0 aliphatic carbocycles. The Bertz CT molecular complexity index is 902. The molecule has 154 valence electrons. The van der Waals surface area contributed by atoms with Crippen LogP contribution in [0.4, 0.5) is 27.8 Å². The normalized spacial score (nSPS) is 12.2. The molecule has 4 N–H and O–H groups in total. The second-order valence-electron chi connectivity index (χ2n) is 6.18. The van der Waals surface area contributed by atoms with Gasteiger partial charge in [-0.2, -0.15) is 5.26 Å². The minimum Gasteiger partial charge on any atom is -0.452 e. The van der Waals surface area contributed by atoms with E-state index in [1.807, 2.05) is 0 Å². The fourth-order valence-electron chi connectivity index (χ4n) is 2.92. The lowest BCUT2D eigenvalue weighted by Gasteiger charge is -2.27. The molecule has 0 aromatic carbocycles. The summed E-state index contributed by atoms with van der Waals surface area (Å²) in [6.07, 6.45) is 5.07. The summed E-state index contributed by atoms with van der Waals surface area (Å²) >= 11 is 0. The van der Waals surface area contributed by atoms with Gasteiger partial charge in [-0.05, 0) is 31.9 Å². The molecule has 0 unspecified atom stereocenters. The van der Waals surface area contributed by atoms with Crippen molar-refractivity contribution in [3.63, 3.8) is 0 Å². The lowest BCUT2D eigenvalue weighted by Crippen LogP contribution is -2.35. The van der Waals surface area contributed by atoms with Gasteiger partial charge in [0.1, 0.15) is 6.07 Å². The summed E-state index contributed by atoms with van der Waals surface area (Å²) in [5, 5.41) is 15.5. The molecule has 11 heteroatoms. The van der Waals surface area contributed by atoms with Crippen molar-refractivity contribution in [3.05, 3.63) is 29.8 Å². The van der Waals surface area contributed by atoms with E-state index in [2.05, 4.69) is 31.7 Å². The minimum absolute atomic E-state index is 0. The number of nitrogens with two attached hydrogens (primary N) is 1. The van der Waals surface area contributed by atoms with Crippen molar-refractivity contribution >= 4 is 41.5 Å². The zero-order chi connectivity index (χ0) is 19.9. The standard InChI is InChI=1S/C18H22N8O2.ClH/c1-28-18(27)26-7-2-4-13-16(26)11-23-17(25-13)24-12-8-14(21-6-3-5-19)15(9-20)22-10-12;/h8,10-11,21H,2-7,19H2,1H3,(H,23,24,25);1H. The van der Waals surface area contributed by atoms with Gasteiger partial charge in [0.05, 0.1) is 42.3 Å². The van der Waals surface area contributed by atoms with E-state index >= 15 is 0 Å². The number of aromatic nitrogens is 3. The Kier molecular flexibility index (Phi) is 7.94. The van der Waals surface area contributed by atoms with E-state index in [4.69, 9.17) is 10.5 Å². The fourth-order valence-corrected chi connectivity index (χ4v) is 2.92. The molecule has 2 aromatic heterocycles. The van der Waals surface area contributed by atoms with Crippen molar-refractivity contribution in [1.29, 1.82) is 5.26 Å². The van der Waals surface area contributed by atoms with Crippen molar-refractivity contribution < 1.29 is 9.53 Å². The van der Waals surface area contributed by atoms with Crippen molar-refractivity contribution in [2.45, 2.75) is 19.3 Å². The number of fused-ring (bicyclic) bond motifs is 1. The van der Waals surface area contributed by atoms with Crippen LogP contribution >= 0.6 is 12.4 Å². The molecule has 3 rings (SSSR count). The van der Waals surface area contributed by atoms with Gasteiger partial charge in [0, 0.05) is 13.1 Å². The second-order valence-corrected chi connectivity index (χ2v) is 6.18. The molecule has 1 aliphatic heterocycles. The summed E-state index contributed by atoms with van der Waals surface area (Å²) in [5.74, 6) is 0.393. The molecule has 2 aromatic rings. The first-order chi connectivity index (χ1) is 13.7. The molecule has 3 heterocycles. The van der Waals surface area contributed by atoms with Crippen LogP contribution in [0.15, 0.2) is 18.5 Å². The van der Waals surface area contributed by atoms with Gasteiger partial charge in [0.25, 0.3) is 0 Å². The Balaban J connectivity index is 0.00000300. The highest BCUT2D eigenvalue weighted by molar-refractivity contribution is 5.88. The third-order valence-electron chi connectivity index (χ3n) is 4.27. The maximum atomic E-state index is 11.9. The van der Waals surface area contributed by atoms with E-state index in [1.54, 1.807) is 18.5 Å². The van der Waals surface area contributed by atoms with Crippen molar-refractivity contribution in [2.75, 3.05) is 42.3 Å². The van der Waals surface area contributed by atoms with E-state index < -0.39 is 6.09 Å². The number of methoxy groups -OCH3 is 1. The molecule has 29 heavy (non-hydrogen) atoms. The minimum atomic E-state index is -0.422. The van der Waals surface area contributed by atoms with Crippen LogP contribution < -0.4 is 21.3 Å². The molecule has 0 atom stereocenters. The number of nitrogens with zero attached hydrogens (tertiary/aromatic N) is 5. The summed E-state index contributed by atoms with van der Waals surface area (Å²) in [7, 11) is 1.35. The number of nitrogens with one attached hydrogen (secondary N) is 2. The molecule has 0 saturated carbocycles. The number of amides is 1. The Hall–Kier alpha value is -3.16. The molecule has 1 amide bonds. The smallest absolute Gasteiger partial charge is 0.414 e. The number of hydrogen-bond donors (Lipinski definition) is 3. The van der Waals surface area contributed by atoms with Gasteiger partial charge < -0.3 is 21.1 Å². The van der Waals surface area contributed by atoms with E-state index in [0.29, 0.717) is 48.3 Å². The lowest BCUT2D eigenvalue weighted by atomic mass is 10.1. The number of nitriles is 1. The maximum Gasteiger partial charge on any atom is 0.414 e. The largest absolute Gasteiger partial charge is 0.452 e. The Morgan fingerprint density at radius 2 is 2.24 bits per heavy atom. The third kappa shape index (κ3) is 5.22. The zero-order valence-corrected chi connectivity index (χ0v) is 16.8.